The van der Waals surface area contributed by atoms with Gasteiger partial charge >= 0.3 is 0 Å². The molecule has 0 bridgehead atoms. The van der Waals surface area contributed by atoms with Crippen molar-refractivity contribution in [3.63, 3.8) is 0 Å². The van der Waals surface area contributed by atoms with Gasteiger partial charge < -0.3 is 10.4 Å². The fourth-order valence-electron chi connectivity index (χ4n) is 2.59. The molecule has 2 unspecified atom stereocenters. The summed E-state index contributed by atoms with van der Waals surface area (Å²) in [6, 6.07) is 10.5. The Bertz CT molecular complexity index is 319. The van der Waals surface area contributed by atoms with Crippen LogP contribution in [0.4, 0.5) is 0 Å². The van der Waals surface area contributed by atoms with Gasteiger partial charge in [-0.3, -0.25) is 0 Å². The Morgan fingerprint density at radius 1 is 1.38 bits per heavy atom. The normalized spacial score (nSPS) is 24.2. The Kier molecular flexibility index (Phi) is 3.62. The highest BCUT2D eigenvalue weighted by molar-refractivity contribution is 5.18. The molecule has 0 spiro atoms. The molecule has 1 aliphatic heterocycles. The fourth-order valence-corrected chi connectivity index (χ4v) is 2.59. The molecule has 0 amide bonds. The van der Waals surface area contributed by atoms with E-state index in [1.165, 1.54) is 12.0 Å². The molecule has 16 heavy (non-hydrogen) atoms. The van der Waals surface area contributed by atoms with Crippen molar-refractivity contribution < 1.29 is 5.11 Å². The number of nitrogens with one attached hydrogen (secondary N) is 1. The minimum atomic E-state index is -0.585. The minimum Gasteiger partial charge on any atom is -0.388 e. The quantitative estimate of drug-likeness (QED) is 0.813. The summed E-state index contributed by atoms with van der Waals surface area (Å²) in [4.78, 5) is 0. The van der Waals surface area contributed by atoms with E-state index in [-0.39, 0.29) is 6.04 Å². The van der Waals surface area contributed by atoms with E-state index < -0.39 is 5.60 Å². The van der Waals surface area contributed by atoms with Crippen LogP contribution >= 0.6 is 0 Å². The van der Waals surface area contributed by atoms with E-state index in [9.17, 15) is 5.11 Å². The van der Waals surface area contributed by atoms with Gasteiger partial charge in [-0.05, 0) is 31.4 Å². The van der Waals surface area contributed by atoms with Gasteiger partial charge in [-0.25, -0.2) is 0 Å². The van der Waals surface area contributed by atoms with Crippen LogP contribution in [0.25, 0.3) is 0 Å². The number of rotatable bonds is 4. The number of benzene rings is 1. The van der Waals surface area contributed by atoms with Crippen LogP contribution in [0, 0.1) is 0 Å². The predicted molar refractivity (Wildman–Crippen MR) is 66.4 cm³/mol. The van der Waals surface area contributed by atoms with E-state index >= 15 is 0 Å². The van der Waals surface area contributed by atoms with Crippen molar-refractivity contribution in [2.75, 3.05) is 6.54 Å². The van der Waals surface area contributed by atoms with Crippen LogP contribution in [0.15, 0.2) is 30.3 Å². The standard InChI is InChI=1S/C14H21NO/c1-2-14(16,13-9-6-10-15-13)11-12-7-4-3-5-8-12/h3-5,7-8,13,15-16H,2,6,9-11H2,1H3. The summed E-state index contributed by atoms with van der Waals surface area (Å²) < 4.78 is 0. The predicted octanol–water partition coefficient (Wildman–Crippen LogP) is 2.12. The van der Waals surface area contributed by atoms with Crippen molar-refractivity contribution in [2.24, 2.45) is 0 Å². The van der Waals surface area contributed by atoms with E-state index in [0.717, 1.165) is 25.8 Å². The first-order valence-corrected chi connectivity index (χ1v) is 6.24. The third-order valence-electron chi connectivity index (χ3n) is 3.67. The summed E-state index contributed by atoms with van der Waals surface area (Å²) in [5.41, 5.74) is 0.637. The third kappa shape index (κ3) is 2.45. The highest BCUT2D eigenvalue weighted by atomic mass is 16.3. The molecule has 0 aliphatic carbocycles. The number of aliphatic hydroxyl groups is 1. The summed E-state index contributed by atoms with van der Waals surface area (Å²) in [6.07, 6.45) is 3.83. The van der Waals surface area contributed by atoms with Crippen molar-refractivity contribution in [3.8, 4) is 0 Å². The second-order valence-corrected chi connectivity index (χ2v) is 4.77. The lowest BCUT2D eigenvalue weighted by Crippen LogP contribution is -2.48. The summed E-state index contributed by atoms with van der Waals surface area (Å²) in [5, 5.41) is 14.1. The minimum absolute atomic E-state index is 0.262. The Balaban J connectivity index is 2.09. The molecular weight excluding hydrogens is 198 g/mol. The van der Waals surface area contributed by atoms with Crippen LogP contribution in [0.2, 0.25) is 0 Å². The maximum absolute atomic E-state index is 10.7. The summed E-state index contributed by atoms with van der Waals surface area (Å²) in [6.45, 7) is 3.12. The maximum atomic E-state index is 10.7. The van der Waals surface area contributed by atoms with Crippen molar-refractivity contribution in [1.82, 2.24) is 5.32 Å². The van der Waals surface area contributed by atoms with Crippen LogP contribution in [0.3, 0.4) is 0 Å². The van der Waals surface area contributed by atoms with Crippen LogP contribution in [-0.2, 0) is 6.42 Å². The monoisotopic (exact) mass is 219 g/mol. The highest BCUT2D eigenvalue weighted by Gasteiger charge is 2.36. The molecular formula is C14H21NO. The van der Waals surface area contributed by atoms with E-state index in [0.29, 0.717) is 0 Å². The van der Waals surface area contributed by atoms with Crippen molar-refractivity contribution in [2.45, 2.75) is 44.2 Å². The first kappa shape index (κ1) is 11.6. The van der Waals surface area contributed by atoms with Gasteiger partial charge in [-0.15, -0.1) is 0 Å². The average Bonchev–Trinajstić information content (AvgIpc) is 2.84. The lowest BCUT2D eigenvalue weighted by atomic mass is 9.84. The SMILES string of the molecule is CCC(O)(Cc1ccccc1)C1CCCN1. The molecule has 1 fully saturated rings. The Morgan fingerprint density at radius 3 is 2.69 bits per heavy atom. The summed E-state index contributed by atoms with van der Waals surface area (Å²) in [5.74, 6) is 0. The number of hydrogen-bond donors (Lipinski definition) is 2. The third-order valence-corrected chi connectivity index (χ3v) is 3.67. The summed E-state index contributed by atoms with van der Waals surface area (Å²) >= 11 is 0. The maximum Gasteiger partial charge on any atom is 0.0837 e. The smallest absolute Gasteiger partial charge is 0.0837 e. The first-order chi connectivity index (χ1) is 7.74. The van der Waals surface area contributed by atoms with Gasteiger partial charge in [0.05, 0.1) is 5.60 Å². The molecule has 0 saturated carbocycles. The fraction of sp³-hybridized carbons (Fsp3) is 0.571. The molecule has 1 aliphatic rings. The lowest BCUT2D eigenvalue weighted by Gasteiger charge is -2.33. The molecule has 2 nitrogen and oxygen atoms in total. The molecule has 1 aromatic carbocycles. The second-order valence-electron chi connectivity index (χ2n) is 4.77. The van der Waals surface area contributed by atoms with E-state index in [2.05, 4.69) is 24.4 Å². The van der Waals surface area contributed by atoms with Gasteiger partial charge in [0.1, 0.15) is 0 Å². The topological polar surface area (TPSA) is 32.3 Å². The van der Waals surface area contributed by atoms with Gasteiger partial charge in [0.15, 0.2) is 0 Å². The molecule has 2 atom stereocenters. The number of hydrogen-bond acceptors (Lipinski definition) is 2. The zero-order valence-corrected chi connectivity index (χ0v) is 9.95. The highest BCUT2D eigenvalue weighted by Crippen LogP contribution is 2.26. The molecule has 1 aromatic rings. The molecule has 2 heteroatoms. The van der Waals surface area contributed by atoms with Gasteiger partial charge in [-0.2, -0.15) is 0 Å². The Hall–Kier alpha value is -0.860. The van der Waals surface area contributed by atoms with Crippen molar-refractivity contribution >= 4 is 0 Å². The lowest BCUT2D eigenvalue weighted by molar-refractivity contribution is 0.00400. The molecule has 88 valence electrons. The first-order valence-electron chi connectivity index (χ1n) is 6.24. The van der Waals surface area contributed by atoms with Crippen LogP contribution < -0.4 is 5.32 Å². The molecule has 1 heterocycles. The van der Waals surface area contributed by atoms with Gasteiger partial charge in [-0.1, -0.05) is 37.3 Å². The molecule has 1 saturated heterocycles. The van der Waals surface area contributed by atoms with Crippen LogP contribution in [-0.4, -0.2) is 23.3 Å². The Labute approximate surface area is 97.7 Å². The Morgan fingerprint density at radius 2 is 2.12 bits per heavy atom. The van der Waals surface area contributed by atoms with Crippen LogP contribution in [0.5, 0.6) is 0 Å². The summed E-state index contributed by atoms with van der Waals surface area (Å²) in [7, 11) is 0. The van der Waals surface area contributed by atoms with Crippen molar-refractivity contribution in [3.05, 3.63) is 35.9 Å². The van der Waals surface area contributed by atoms with Crippen molar-refractivity contribution in [1.29, 1.82) is 0 Å². The zero-order chi connectivity index (χ0) is 11.4. The van der Waals surface area contributed by atoms with E-state index in [1.54, 1.807) is 0 Å². The zero-order valence-electron chi connectivity index (χ0n) is 9.95. The molecule has 2 rings (SSSR count). The molecule has 2 N–H and O–H groups in total. The second kappa shape index (κ2) is 4.98. The van der Waals surface area contributed by atoms with Gasteiger partial charge in [0.2, 0.25) is 0 Å². The molecule has 0 radical (unpaired) electrons. The van der Waals surface area contributed by atoms with Gasteiger partial charge in [0, 0.05) is 12.5 Å². The van der Waals surface area contributed by atoms with E-state index in [1.807, 2.05) is 18.2 Å². The largest absolute Gasteiger partial charge is 0.388 e. The average molecular weight is 219 g/mol. The van der Waals surface area contributed by atoms with E-state index in [4.69, 9.17) is 0 Å². The van der Waals surface area contributed by atoms with Gasteiger partial charge in [0.25, 0.3) is 0 Å². The van der Waals surface area contributed by atoms with Crippen LogP contribution in [0.1, 0.15) is 31.7 Å². The molecule has 0 aromatic heterocycles.